The SMILES string of the molecule is COc1ccc2c(ccc3c(C(F)(F)F)nn(-c4ccc(S(C)(=O)=O)cc4)c32)c1. The van der Waals surface area contributed by atoms with Crippen LogP contribution in [0.5, 0.6) is 5.75 Å². The van der Waals surface area contributed by atoms with E-state index in [-0.39, 0.29) is 15.8 Å². The third-order valence-corrected chi connectivity index (χ3v) is 5.77. The van der Waals surface area contributed by atoms with Crippen molar-refractivity contribution in [2.75, 3.05) is 13.4 Å². The molecule has 0 spiro atoms. The molecule has 3 aromatic carbocycles. The number of ether oxygens (including phenoxy) is 1. The number of hydrogen-bond acceptors (Lipinski definition) is 4. The van der Waals surface area contributed by atoms with Gasteiger partial charge in [-0.1, -0.05) is 6.07 Å². The molecule has 0 fully saturated rings. The van der Waals surface area contributed by atoms with Crippen molar-refractivity contribution in [3.05, 3.63) is 60.3 Å². The van der Waals surface area contributed by atoms with E-state index in [2.05, 4.69) is 5.10 Å². The normalized spacial score (nSPS) is 12.6. The Bertz CT molecular complexity index is 1340. The highest BCUT2D eigenvalue weighted by atomic mass is 32.2. The second kappa shape index (κ2) is 6.48. The maximum absolute atomic E-state index is 13.6. The van der Waals surface area contributed by atoms with Gasteiger partial charge in [-0.2, -0.15) is 18.3 Å². The van der Waals surface area contributed by atoms with Gasteiger partial charge in [0, 0.05) is 17.0 Å². The Morgan fingerprint density at radius 2 is 1.62 bits per heavy atom. The zero-order valence-electron chi connectivity index (χ0n) is 15.4. The summed E-state index contributed by atoms with van der Waals surface area (Å²) in [5.41, 5.74) is -0.400. The molecule has 1 heterocycles. The fourth-order valence-corrected chi connectivity index (χ4v) is 3.90. The topological polar surface area (TPSA) is 61.2 Å². The molecule has 0 aliphatic heterocycles. The first kappa shape index (κ1) is 19.3. The number of sulfone groups is 1. The van der Waals surface area contributed by atoms with Gasteiger partial charge >= 0.3 is 6.18 Å². The molecule has 0 amide bonds. The lowest BCUT2D eigenvalue weighted by Gasteiger charge is -2.08. The third kappa shape index (κ3) is 3.31. The van der Waals surface area contributed by atoms with Crippen LogP contribution >= 0.6 is 0 Å². The van der Waals surface area contributed by atoms with Gasteiger partial charge in [0.2, 0.25) is 0 Å². The highest BCUT2D eigenvalue weighted by Gasteiger charge is 2.37. The second-order valence-corrected chi connectivity index (χ2v) is 8.59. The quantitative estimate of drug-likeness (QED) is 0.486. The monoisotopic (exact) mass is 420 g/mol. The highest BCUT2D eigenvalue weighted by molar-refractivity contribution is 7.90. The van der Waals surface area contributed by atoms with Crippen molar-refractivity contribution >= 4 is 31.5 Å². The van der Waals surface area contributed by atoms with Crippen LogP contribution < -0.4 is 4.74 Å². The van der Waals surface area contributed by atoms with Crippen LogP contribution in [0.15, 0.2) is 59.5 Å². The molecule has 4 rings (SSSR count). The lowest BCUT2D eigenvalue weighted by molar-refractivity contribution is -0.140. The standard InChI is InChI=1S/C20H15F3N2O3S/c1-28-14-6-10-16-12(11-14)3-9-17-18(16)25(24-19(17)20(21,22)23)13-4-7-15(8-5-13)29(2,26)27/h3-11H,1-2H3. The van der Waals surface area contributed by atoms with Crippen LogP contribution in [0.1, 0.15) is 5.69 Å². The molecule has 9 heteroatoms. The van der Waals surface area contributed by atoms with Crippen molar-refractivity contribution in [2.24, 2.45) is 0 Å². The van der Waals surface area contributed by atoms with E-state index < -0.39 is 21.7 Å². The number of methoxy groups -OCH3 is 1. The van der Waals surface area contributed by atoms with Crippen LogP contribution in [-0.4, -0.2) is 31.6 Å². The van der Waals surface area contributed by atoms with Crippen LogP contribution in [0.4, 0.5) is 13.2 Å². The Kier molecular flexibility index (Phi) is 4.30. The fraction of sp³-hybridized carbons (Fsp3) is 0.150. The summed E-state index contributed by atoms with van der Waals surface area (Å²) in [4.78, 5) is 0.0725. The van der Waals surface area contributed by atoms with Crippen molar-refractivity contribution < 1.29 is 26.3 Å². The molecule has 4 aromatic rings. The highest BCUT2D eigenvalue weighted by Crippen LogP contribution is 2.38. The van der Waals surface area contributed by atoms with Gasteiger partial charge in [0.05, 0.1) is 23.2 Å². The lowest BCUT2D eigenvalue weighted by Crippen LogP contribution is -2.07. The minimum atomic E-state index is -4.64. The molecule has 0 unspecified atom stereocenters. The summed E-state index contributed by atoms with van der Waals surface area (Å²) in [5, 5.41) is 5.05. The van der Waals surface area contributed by atoms with E-state index >= 15 is 0 Å². The molecule has 0 aliphatic carbocycles. The number of benzene rings is 3. The molecular formula is C20H15F3N2O3S. The van der Waals surface area contributed by atoms with E-state index in [0.717, 1.165) is 6.26 Å². The number of fused-ring (bicyclic) bond motifs is 3. The van der Waals surface area contributed by atoms with E-state index in [0.29, 0.717) is 22.2 Å². The molecule has 150 valence electrons. The molecule has 0 saturated heterocycles. The summed E-state index contributed by atoms with van der Waals surface area (Å²) >= 11 is 0. The predicted octanol–water partition coefficient (Wildman–Crippen LogP) is 4.61. The van der Waals surface area contributed by atoms with E-state index in [1.807, 2.05) is 0 Å². The van der Waals surface area contributed by atoms with E-state index in [9.17, 15) is 21.6 Å². The predicted molar refractivity (Wildman–Crippen MR) is 103 cm³/mol. The van der Waals surface area contributed by atoms with Crippen LogP contribution in [0, 0.1) is 0 Å². The first-order chi connectivity index (χ1) is 13.6. The Morgan fingerprint density at radius 3 is 2.21 bits per heavy atom. The average molecular weight is 420 g/mol. The van der Waals surface area contributed by atoms with Crippen LogP contribution in [0.25, 0.3) is 27.4 Å². The number of aromatic nitrogens is 2. The Hall–Kier alpha value is -3.07. The molecule has 5 nitrogen and oxygen atoms in total. The number of nitrogens with zero attached hydrogens (tertiary/aromatic N) is 2. The molecule has 0 N–H and O–H groups in total. The third-order valence-electron chi connectivity index (χ3n) is 4.64. The zero-order valence-corrected chi connectivity index (χ0v) is 16.2. The molecular weight excluding hydrogens is 405 g/mol. The summed E-state index contributed by atoms with van der Waals surface area (Å²) in [5.74, 6) is 0.580. The van der Waals surface area contributed by atoms with Crippen molar-refractivity contribution in [3.63, 3.8) is 0 Å². The maximum Gasteiger partial charge on any atom is 0.435 e. The van der Waals surface area contributed by atoms with Gasteiger partial charge in [-0.3, -0.25) is 0 Å². The first-order valence-corrected chi connectivity index (χ1v) is 10.4. The molecule has 1 aromatic heterocycles. The summed E-state index contributed by atoms with van der Waals surface area (Å²) in [7, 11) is -1.92. The average Bonchev–Trinajstić information content (AvgIpc) is 3.07. The minimum Gasteiger partial charge on any atom is -0.497 e. The van der Waals surface area contributed by atoms with Crippen LogP contribution in [0.3, 0.4) is 0 Å². The Morgan fingerprint density at radius 1 is 0.966 bits per heavy atom. The summed E-state index contributed by atoms with van der Waals surface area (Å²) in [6.45, 7) is 0. The first-order valence-electron chi connectivity index (χ1n) is 8.47. The largest absolute Gasteiger partial charge is 0.497 e. The number of halogens is 3. The lowest BCUT2D eigenvalue weighted by atomic mass is 10.1. The molecule has 0 bridgehead atoms. The van der Waals surface area contributed by atoms with E-state index in [4.69, 9.17) is 4.74 Å². The van der Waals surface area contributed by atoms with Crippen LogP contribution in [-0.2, 0) is 16.0 Å². The van der Waals surface area contributed by atoms with Gasteiger partial charge in [-0.25, -0.2) is 13.1 Å². The molecule has 29 heavy (non-hydrogen) atoms. The Balaban J connectivity index is 2.05. The van der Waals surface area contributed by atoms with Gasteiger partial charge < -0.3 is 4.74 Å². The summed E-state index contributed by atoms with van der Waals surface area (Å²) in [6, 6.07) is 13.6. The van der Waals surface area contributed by atoms with E-state index in [1.165, 1.54) is 42.1 Å². The van der Waals surface area contributed by atoms with Gasteiger partial charge in [0.25, 0.3) is 0 Å². The number of alkyl halides is 3. The van der Waals surface area contributed by atoms with Crippen molar-refractivity contribution in [3.8, 4) is 11.4 Å². The molecule has 0 radical (unpaired) electrons. The van der Waals surface area contributed by atoms with Gasteiger partial charge in [0.1, 0.15) is 5.75 Å². The van der Waals surface area contributed by atoms with E-state index in [1.54, 1.807) is 24.3 Å². The van der Waals surface area contributed by atoms with Gasteiger partial charge in [-0.05, 0) is 53.9 Å². The summed E-state index contributed by atoms with van der Waals surface area (Å²) in [6.07, 6.45) is -3.58. The molecule has 0 saturated carbocycles. The smallest absolute Gasteiger partial charge is 0.435 e. The maximum atomic E-state index is 13.6. The number of hydrogen-bond donors (Lipinski definition) is 0. The van der Waals surface area contributed by atoms with Crippen molar-refractivity contribution in [1.82, 2.24) is 9.78 Å². The van der Waals surface area contributed by atoms with Crippen molar-refractivity contribution in [2.45, 2.75) is 11.1 Å². The number of rotatable bonds is 3. The molecule has 0 atom stereocenters. The fourth-order valence-electron chi connectivity index (χ4n) is 3.27. The summed E-state index contributed by atoms with van der Waals surface area (Å²) < 4.78 is 70.6. The Labute approximate surface area is 164 Å². The van der Waals surface area contributed by atoms with Gasteiger partial charge in [-0.15, -0.1) is 0 Å². The second-order valence-electron chi connectivity index (χ2n) is 6.57. The van der Waals surface area contributed by atoms with Gasteiger partial charge in [0.15, 0.2) is 15.5 Å². The minimum absolute atomic E-state index is 0.0395. The molecule has 0 aliphatic rings. The zero-order chi connectivity index (χ0) is 21.0. The van der Waals surface area contributed by atoms with Crippen LogP contribution in [0.2, 0.25) is 0 Å². The van der Waals surface area contributed by atoms with Crippen molar-refractivity contribution in [1.29, 1.82) is 0 Å².